The number of carbonyl (C=O) groups excluding carboxylic acids is 2. The van der Waals surface area contributed by atoms with Crippen LogP contribution in [0.4, 0.5) is 5.69 Å². The first-order chi connectivity index (χ1) is 15.0. The summed E-state index contributed by atoms with van der Waals surface area (Å²) in [6.45, 7) is 6.88. The summed E-state index contributed by atoms with van der Waals surface area (Å²) >= 11 is 0. The lowest BCUT2D eigenvalue weighted by Crippen LogP contribution is -2.11. The van der Waals surface area contributed by atoms with Gasteiger partial charge in [-0.2, -0.15) is 0 Å². The maximum Gasteiger partial charge on any atom is 0.341 e. The molecule has 0 saturated carbocycles. The molecule has 0 spiro atoms. The van der Waals surface area contributed by atoms with Crippen molar-refractivity contribution in [3.05, 3.63) is 64.2 Å². The van der Waals surface area contributed by atoms with Crippen LogP contribution in [-0.4, -0.2) is 25.6 Å². The van der Waals surface area contributed by atoms with Crippen LogP contribution in [0.1, 0.15) is 53.7 Å². The zero-order valence-corrected chi connectivity index (χ0v) is 18.5. The highest BCUT2D eigenvalue weighted by atomic mass is 16.5. The molecular weight excluding hydrogens is 394 g/mol. The first-order valence-corrected chi connectivity index (χ1v) is 10.5. The molecule has 6 heteroatoms. The number of cyclic esters (lactones) is 1. The lowest BCUT2D eigenvalue weighted by atomic mass is 9.93. The van der Waals surface area contributed by atoms with Crippen molar-refractivity contribution in [3.63, 3.8) is 0 Å². The largest absolute Gasteiger partial charge is 0.496 e. The van der Waals surface area contributed by atoms with Crippen molar-refractivity contribution >= 4 is 17.6 Å². The molecule has 0 atom stereocenters. The average Bonchev–Trinajstić information content (AvgIpc) is 3.15. The quantitative estimate of drug-likeness (QED) is 0.348. The number of hydrogen-bond acceptors (Lipinski definition) is 6. The predicted octanol–water partition coefficient (Wildman–Crippen LogP) is 4.98. The van der Waals surface area contributed by atoms with Crippen LogP contribution in [0.15, 0.2) is 42.0 Å². The van der Waals surface area contributed by atoms with E-state index in [1.54, 1.807) is 19.2 Å². The van der Waals surface area contributed by atoms with Gasteiger partial charge in [-0.3, -0.25) is 4.79 Å². The molecule has 0 fully saturated rings. The summed E-state index contributed by atoms with van der Waals surface area (Å²) < 4.78 is 16.3. The summed E-state index contributed by atoms with van der Waals surface area (Å²) in [5.41, 5.74) is 5.17. The Morgan fingerprint density at radius 2 is 1.97 bits per heavy atom. The van der Waals surface area contributed by atoms with Gasteiger partial charge < -0.3 is 19.5 Å². The number of benzene rings is 2. The Bertz CT molecular complexity index is 995. The van der Waals surface area contributed by atoms with Crippen molar-refractivity contribution in [2.45, 2.75) is 46.6 Å². The SMILES string of the molecule is CCNc1c(CC=C(C)CCC(=O)Oc2ccccc2)c(OC)c(C)c2c1C(=O)OC2. The van der Waals surface area contributed by atoms with Crippen molar-refractivity contribution in [2.24, 2.45) is 0 Å². The van der Waals surface area contributed by atoms with E-state index in [2.05, 4.69) is 11.4 Å². The third-order valence-corrected chi connectivity index (χ3v) is 5.38. The molecule has 0 saturated heterocycles. The van der Waals surface area contributed by atoms with Crippen LogP contribution in [0.2, 0.25) is 0 Å². The molecule has 2 aromatic carbocycles. The molecule has 164 valence electrons. The summed E-state index contributed by atoms with van der Waals surface area (Å²) in [7, 11) is 1.64. The number of methoxy groups -OCH3 is 1. The number of allylic oxidation sites excluding steroid dienone is 2. The van der Waals surface area contributed by atoms with Crippen molar-refractivity contribution in [1.29, 1.82) is 0 Å². The maximum absolute atomic E-state index is 12.4. The fourth-order valence-corrected chi connectivity index (χ4v) is 3.77. The first kappa shape index (κ1) is 22.4. The second-order valence-corrected chi connectivity index (χ2v) is 7.51. The molecule has 3 rings (SSSR count). The van der Waals surface area contributed by atoms with Crippen LogP contribution in [-0.2, 0) is 22.6 Å². The third kappa shape index (κ3) is 5.08. The molecule has 1 aliphatic rings. The van der Waals surface area contributed by atoms with E-state index in [9.17, 15) is 9.59 Å². The van der Waals surface area contributed by atoms with Gasteiger partial charge >= 0.3 is 11.9 Å². The van der Waals surface area contributed by atoms with Crippen LogP contribution in [0.25, 0.3) is 0 Å². The molecule has 0 radical (unpaired) electrons. The minimum absolute atomic E-state index is 0.263. The maximum atomic E-state index is 12.4. The van der Waals surface area contributed by atoms with Gasteiger partial charge in [0.25, 0.3) is 0 Å². The normalized spacial score (nSPS) is 12.9. The molecule has 1 N–H and O–H groups in total. The minimum atomic E-state index is -0.303. The summed E-state index contributed by atoms with van der Waals surface area (Å²) in [5.74, 6) is 0.749. The Labute approximate surface area is 183 Å². The molecule has 6 nitrogen and oxygen atoms in total. The Morgan fingerprint density at radius 1 is 1.23 bits per heavy atom. The molecule has 0 bridgehead atoms. The highest BCUT2D eigenvalue weighted by molar-refractivity contribution is 6.01. The second kappa shape index (κ2) is 10.2. The second-order valence-electron chi connectivity index (χ2n) is 7.51. The van der Waals surface area contributed by atoms with E-state index in [0.717, 1.165) is 33.7 Å². The molecule has 31 heavy (non-hydrogen) atoms. The fourth-order valence-electron chi connectivity index (χ4n) is 3.77. The molecule has 1 aliphatic heterocycles. The molecule has 0 unspecified atom stereocenters. The lowest BCUT2D eigenvalue weighted by molar-refractivity contribution is -0.134. The Morgan fingerprint density at radius 3 is 2.65 bits per heavy atom. The number of para-hydroxylation sites is 1. The van der Waals surface area contributed by atoms with Crippen LogP contribution in [0.3, 0.4) is 0 Å². The standard InChI is InChI=1S/C25H29NO5/c1-5-26-23-19(24(29-4)17(3)20-15-30-25(28)22(20)23)13-11-16(2)12-14-21(27)31-18-9-7-6-8-10-18/h6-11,26H,5,12-15H2,1-4H3. The van der Waals surface area contributed by atoms with Crippen molar-refractivity contribution in [1.82, 2.24) is 0 Å². The van der Waals surface area contributed by atoms with E-state index in [0.29, 0.717) is 37.1 Å². The van der Waals surface area contributed by atoms with Gasteiger partial charge in [-0.25, -0.2) is 4.79 Å². The van der Waals surface area contributed by atoms with E-state index in [1.807, 2.05) is 39.0 Å². The lowest BCUT2D eigenvalue weighted by Gasteiger charge is -2.19. The van der Waals surface area contributed by atoms with Crippen LogP contribution < -0.4 is 14.8 Å². The van der Waals surface area contributed by atoms with Gasteiger partial charge in [0.05, 0.1) is 18.4 Å². The first-order valence-electron chi connectivity index (χ1n) is 10.5. The van der Waals surface area contributed by atoms with E-state index in [1.165, 1.54) is 0 Å². The average molecular weight is 424 g/mol. The van der Waals surface area contributed by atoms with E-state index >= 15 is 0 Å². The van der Waals surface area contributed by atoms with E-state index < -0.39 is 0 Å². The molecular formula is C25H29NO5. The summed E-state index contributed by atoms with van der Waals surface area (Å²) in [5, 5.41) is 3.33. The minimum Gasteiger partial charge on any atom is -0.496 e. The Hall–Kier alpha value is -3.28. The zero-order chi connectivity index (χ0) is 22.4. The van der Waals surface area contributed by atoms with Crippen molar-refractivity contribution in [3.8, 4) is 11.5 Å². The van der Waals surface area contributed by atoms with Crippen LogP contribution >= 0.6 is 0 Å². The molecule has 0 amide bonds. The van der Waals surface area contributed by atoms with Crippen molar-refractivity contribution in [2.75, 3.05) is 19.0 Å². The number of hydrogen-bond donors (Lipinski definition) is 1. The highest BCUT2D eigenvalue weighted by Crippen LogP contribution is 2.41. The number of fused-ring (bicyclic) bond motifs is 1. The summed E-state index contributed by atoms with van der Waals surface area (Å²) in [4.78, 5) is 24.5. The van der Waals surface area contributed by atoms with Crippen molar-refractivity contribution < 1.29 is 23.8 Å². The zero-order valence-electron chi connectivity index (χ0n) is 18.5. The molecule has 0 aliphatic carbocycles. The molecule has 1 heterocycles. The van der Waals surface area contributed by atoms with Gasteiger partial charge in [0.2, 0.25) is 0 Å². The third-order valence-electron chi connectivity index (χ3n) is 5.38. The monoisotopic (exact) mass is 423 g/mol. The van der Waals surface area contributed by atoms with Crippen LogP contribution in [0.5, 0.6) is 11.5 Å². The highest BCUT2D eigenvalue weighted by Gasteiger charge is 2.31. The van der Waals surface area contributed by atoms with E-state index in [4.69, 9.17) is 14.2 Å². The number of nitrogens with one attached hydrogen (secondary N) is 1. The van der Waals surface area contributed by atoms with Gasteiger partial charge in [-0.1, -0.05) is 29.8 Å². The summed E-state index contributed by atoms with van der Waals surface area (Å²) in [6, 6.07) is 9.06. The number of anilines is 1. The Balaban J connectivity index is 1.76. The smallest absolute Gasteiger partial charge is 0.341 e. The fraction of sp³-hybridized carbons (Fsp3) is 0.360. The number of rotatable bonds is 9. The van der Waals surface area contributed by atoms with Gasteiger partial charge in [-0.15, -0.1) is 0 Å². The van der Waals surface area contributed by atoms with Gasteiger partial charge in [0.1, 0.15) is 18.1 Å². The number of ether oxygens (including phenoxy) is 3. The van der Waals surface area contributed by atoms with E-state index in [-0.39, 0.29) is 18.5 Å². The number of carbonyl (C=O) groups is 2. The van der Waals surface area contributed by atoms with Gasteiger partial charge in [0, 0.05) is 24.1 Å². The molecule has 0 aromatic heterocycles. The van der Waals surface area contributed by atoms with Gasteiger partial charge in [-0.05, 0) is 51.3 Å². The number of esters is 2. The van der Waals surface area contributed by atoms with Crippen LogP contribution in [0, 0.1) is 6.92 Å². The molecule has 2 aromatic rings. The van der Waals surface area contributed by atoms with Gasteiger partial charge in [0.15, 0.2) is 0 Å². The summed E-state index contributed by atoms with van der Waals surface area (Å²) in [6.07, 6.45) is 3.54. The Kier molecular flexibility index (Phi) is 7.34. The topological polar surface area (TPSA) is 73.9 Å². The predicted molar refractivity (Wildman–Crippen MR) is 120 cm³/mol.